The highest BCUT2D eigenvalue weighted by molar-refractivity contribution is 8.26. The van der Waals surface area contributed by atoms with Gasteiger partial charge in [0.05, 0.1) is 17.6 Å². The second kappa shape index (κ2) is 13.0. The average Bonchev–Trinajstić information content (AvgIpc) is 3.22. The van der Waals surface area contributed by atoms with Crippen LogP contribution in [-0.4, -0.2) is 44.2 Å². The Kier molecular flexibility index (Phi) is 9.42. The second-order valence-electron chi connectivity index (χ2n) is 9.64. The number of hydrogen-bond acceptors (Lipinski definition) is 8. The van der Waals surface area contributed by atoms with Crippen LogP contribution in [0.1, 0.15) is 51.0 Å². The molecule has 0 saturated carbocycles. The maximum absolute atomic E-state index is 13.3. The number of hydrogen-bond donors (Lipinski definition) is 1. The Labute approximate surface area is 247 Å². The van der Waals surface area contributed by atoms with Crippen molar-refractivity contribution in [1.29, 1.82) is 5.26 Å². The van der Waals surface area contributed by atoms with Crippen LogP contribution < -0.4 is 10.3 Å². The predicted octanol–water partition coefficient (Wildman–Crippen LogP) is 5.16. The first-order chi connectivity index (χ1) is 19.6. The molecule has 210 valence electrons. The highest BCUT2D eigenvalue weighted by Crippen LogP contribution is 2.33. The van der Waals surface area contributed by atoms with Crippen LogP contribution >= 0.6 is 24.0 Å². The molecule has 0 bridgehead atoms. The molecule has 0 aliphatic carbocycles. The molecular formula is C31H29N3O5S2. The SMILES string of the molecule is COc1ccc(CCn2c(O)c(C(=O)CCCN3C(=O)/C(=C/c4ccc(C)cc4)SC3=S)c(C)c(C#N)c2=O)cc1. The van der Waals surface area contributed by atoms with Gasteiger partial charge in [0.15, 0.2) is 5.78 Å². The normalized spacial score (nSPS) is 14.0. The van der Waals surface area contributed by atoms with Crippen LogP contribution in [0.2, 0.25) is 0 Å². The van der Waals surface area contributed by atoms with Crippen molar-refractivity contribution in [3.8, 4) is 17.7 Å². The maximum Gasteiger partial charge on any atom is 0.271 e. The number of Topliss-reactive ketones (excluding diaryl/α,β-unsaturated/α-hetero) is 1. The number of benzene rings is 2. The van der Waals surface area contributed by atoms with Crippen molar-refractivity contribution in [2.45, 2.75) is 39.7 Å². The van der Waals surface area contributed by atoms with E-state index >= 15 is 0 Å². The number of carbonyl (C=O) groups excluding carboxylic acids is 2. The molecule has 3 aromatic rings. The molecule has 1 N–H and O–H groups in total. The number of ketones is 1. The number of nitrogens with zero attached hydrogens (tertiary/aromatic N) is 3. The number of amides is 1. The highest BCUT2D eigenvalue weighted by atomic mass is 32.2. The predicted molar refractivity (Wildman–Crippen MR) is 163 cm³/mol. The fraction of sp³-hybridized carbons (Fsp3) is 0.258. The van der Waals surface area contributed by atoms with Gasteiger partial charge in [0.1, 0.15) is 21.7 Å². The Morgan fingerprint density at radius 3 is 2.41 bits per heavy atom. The molecule has 2 heterocycles. The summed E-state index contributed by atoms with van der Waals surface area (Å²) in [6, 6.07) is 17.0. The third-order valence-electron chi connectivity index (χ3n) is 6.90. The summed E-state index contributed by atoms with van der Waals surface area (Å²) < 4.78 is 6.65. The van der Waals surface area contributed by atoms with Crippen LogP contribution in [0.25, 0.3) is 6.08 Å². The largest absolute Gasteiger partial charge is 0.497 e. The molecule has 0 unspecified atom stereocenters. The van der Waals surface area contributed by atoms with E-state index in [1.165, 1.54) is 23.6 Å². The minimum Gasteiger partial charge on any atom is -0.497 e. The molecular weight excluding hydrogens is 558 g/mol. The van der Waals surface area contributed by atoms with E-state index in [9.17, 15) is 24.8 Å². The summed E-state index contributed by atoms with van der Waals surface area (Å²) in [7, 11) is 1.57. The first-order valence-electron chi connectivity index (χ1n) is 13.0. The molecule has 0 spiro atoms. The van der Waals surface area contributed by atoms with Crippen molar-refractivity contribution in [3.63, 3.8) is 0 Å². The van der Waals surface area contributed by atoms with Gasteiger partial charge < -0.3 is 9.84 Å². The van der Waals surface area contributed by atoms with Crippen LogP contribution in [0.4, 0.5) is 0 Å². The van der Waals surface area contributed by atoms with Crippen LogP contribution in [-0.2, 0) is 17.8 Å². The fourth-order valence-electron chi connectivity index (χ4n) is 4.55. The zero-order chi connectivity index (χ0) is 29.7. The smallest absolute Gasteiger partial charge is 0.271 e. The van der Waals surface area contributed by atoms with Crippen LogP contribution in [0, 0.1) is 25.2 Å². The number of nitriles is 1. The Bertz CT molecular complexity index is 1630. The van der Waals surface area contributed by atoms with Crippen molar-refractivity contribution < 1.29 is 19.4 Å². The van der Waals surface area contributed by atoms with E-state index in [0.717, 1.165) is 21.3 Å². The molecule has 4 rings (SSSR count). The molecule has 0 radical (unpaired) electrons. The van der Waals surface area contributed by atoms with E-state index in [0.29, 0.717) is 21.4 Å². The minimum atomic E-state index is -0.648. The van der Waals surface area contributed by atoms with Crippen molar-refractivity contribution >= 4 is 46.1 Å². The Hall–Kier alpha value is -4.20. The maximum atomic E-state index is 13.3. The lowest BCUT2D eigenvalue weighted by molar-refractivity contribution is -0.122. The Morgan fingerprint density at radius 1 is 1.10 bits per heavy atom. The number of aryl methyl sites for hydroxylation is 2. The molecule has 8 nitrogen and oxygen atoms in total. The van der Waals surface area contributed by atoms with Gasteiger partial charge in [-0.15, -0.1) is 0 Å². The number of thioether (sulfide) groups is 1. The van der Waals surface area contributed by atoms with Crippen molar-refractivity contribution in [2.75, 3.05) is 13.7 Å². The van der Waals surface area contributed by atoms with Crippen LogP contribution in [0.3, 0.4) is 0 Å². The highest BCUT2D eigenvalue weighted by Gasteiger charge is 2.32. The molecule has 2 aromatic carbocycles. The number of thiocarbonyl (C=S) groups is 1. The summed E-state index contributed by atoms with van der Waals surface area (Å²) in [6.07, 6.45) is 2.46. The summed E-state index contributed by atoms with van der Waals surface area (Å²) in [5.74, 6) is -0.407. The first-order valence-corrected chi connectivity index (χ1v) is 14.2. The lowest BCUT2D eigenvalue weighted by atomic mass is 9.99. The number of aromatic nitrogens is 1. The minimum absolute atomic E-state index is 0.00990. The first kappa shape index (κ1) is 29.8. The number of ether oxygens (including phenoxy) is 1. The van der Waals surface area contributed by atoms with Crippen molar-refractivity contribution in [3.05, 3.63) is 97.2 Å². The van der Waals surface area contributed by atoms with Gasteiger partial charge in [-0.25, -0.2) is 0 Å². The number of carbonyl (C=O) groups is 2. The molecule has 1 amide bonds. The molecule has 0 atom stereocenters. The zero-order valence-corrected chi connectivity index (χ0v) is 24.6. The standard InChI is InChI=1S/C31H29N3O5S2/c1-19-6-8-22(9-7-19)17-26-29(37)34(31(40)41-26)15-4-5-25(35)27-20(2)24(18-32)28(36)33(30(27)38)16-14-21-10-12-23(39-3)13-11-21/h6-13,17,38H,4-5,14-16H2,1-3H3/b26-17-. The van der Waals surface area contributed by atoms with Crippen LogP contribution in [0.15, 0.2) is 58.2 Å². The summed E-state index contributed by atoms with van der Waals surface area (Å²) in [4.78, 5) is 41.2. The number of methoxy groups -OCH3 is 1. The van der Waals surface area contributed by atoms with Gasteiger partial charge >= 0.3 is 0 Å². The zero-order valence-electron chi connectivity index (χ0n) is 23.0. The number of aromatic hydroxyl groups is 1. The van der Waals surface area contributed by atoms with Gasteiger partial charge in [0, 0.05) is 19.5 Å². The molecule has 1 aromatic heterocycles. The van der Waals surface area contributed by atoms with Crippen LogP contribution in [0.5, 0.6) is 11.6 Å². The molecule has 1 aliphatic heterocycles. The average molecular weight is 588 g/mol. The molecule has 1 saturated heterocycles. The summed E-state index contributed by atoms with van der Waals surface area (Å²) >= 11 is 6.63. The fourth-order valence-corrected chi connectivity index (χ4v) is 5.86. The van der Waals surface area contributed by atoms with Gasteiger partial charge in [0.2, 0.25) is 5.88 Å². The summed E-state index contributed by atoms with van der Waals surface area (Å²) in [5.41, 5.74) is 2.17. The van der Waals surface area contributed by atoms with E-state index in [1.807, 2.05) is 49.4 Å². The topological polar surface area (TPSA) is 113 Å². The second-order valence-corrected chi connectivity index (χ2v) is 11.3. The molecule has 10 heteroatoms. The van der Waals surface area contributed by atoms with E-state index < -0.39 is 17.2 Å². The van der Waals surface area contributed by atoms with E-state index in [1.54, 1.807) is 25.3 Å². The number of rotatable bonds is 10. The summed E-state index contributed by atoms with van der Waals surface area (Å²) in [6.45, 7) is 3.78. The molecule has 41 heavy (non-hydrogen) atoms. The lowest BCUT2D eigenvalue weighted by Crippen LogP contribution is -2.30. The van der Waals surface area contributed by atoms with E-state index in [2.05, 4.69) is 0 Å². The van der Waals surface area contributed by atoms with E-state index in [-0.39, 0.29) is 48.5 Å². The number of pyridine rings is 1. The van der Waals surface area contributed by atoms with E-state index in [4.69, 9.17) is 17.0 Å². The van der Waals surface area contributed by atoms with Crippen molar-refractivity contribution in [2.24, 2.45) is 0 Å². The van der Waals surface area contributed by atoms with Gasteiger partial charge in [-0.05, 0) is 61.6 Å². The molecule has 1 aliphatic rings. The monoisotopic (exact) mass is 587 g/mol. The lowest BCUT2D eigenvalue weighted by Gasteiger charge is -2.17. The summed E-state index contributed by atoms with van der Waals surface area (Å²) in [5, 5.41) is 20.7. The Morgan fingerprint density at radius 2 is 1.78 bits per heavy atom. The Balaban J connectivity index is 1.47. The third kappa shape index (κ3) is 6.59. The van der Waals surface area contributed by atoms with Gasteiger partial charge in [0.25, 0.3) is 11.5 Å². The quantitative estimate of drug-likeness (QED) is 0.197. The van der Waals surface area contributed by atoms with Gasteiger partial charge in [-0.1, -0.05) is 65.9 Å². The van der Waals surface area contributed by atoms with Crippen molar-refractivity contribution in [1.82, 2.24) is 9.47 Å². The van der Waals surface area contributed by atoms with Gasteiger partial charge in [-0.2, -0.15) is 5.26 Å². The molecule has 1 fully saturated rings. The van der Waals surface area contributed by atoms with Gasteiger partial charge in [-0.3, -0.25) is 23.9 Å². The third-order valence-corrected chi connectivity index (χ3v) is 8.27.